The van der Waals surface area contributed by atoms with Gasteiger partial charge in [-0.25, -0.2) is 4.79 Å². The van der Waals surface area contributed by atoms with Crippen LogP contribution in [0.15, 0.2) is 24.4 Å². The van der Waals surface area contributed by atoms with Crippen LogP contribution in [0.3, 0.4) is 0 Å². The van der Waals surface area contributed by atoms with Crippen molar-refractivity contribution < 1.29 is 27.9 Å². The van der Waals surface area contributed by atoms with Gasteiger partial charge in [0, 0.05) is 18.3 Å². The van der Waals surface area contributed by atoms with E-state index in [9.17, 15) is 22.8 Å². The van der Waals surface area contributed by atoms with Crippen LogP contribution in [0.2, 0.25) is 0 Å². The van der Waals surface area contributed by atoms with Crippen LogP contribution in [0.25, 0.3) is 0 Å². The predicted octanol–water partition coefficient (Wildman–Crippen LogP) is 0.756. The highest BCUT2D eigenvalue weighted by Gasteiger charge is 2.40. The maximum Gasteiger partial charge on any atom is 0.471 e. The van der Waals surface area contributed by atoms with Crippen LogP contribution < -0.4 is 5.32 Å². The number of aromatic nitrogens is 1. The number of pyridine rings is 1. The van der Waals surface area contributed by atoms with E-state index in [0.717, 1.165) is 0 Å². The average molecular weight is 262 g/mol. The zero-order chi connectivity index (χ0) is 13.8. The summed E-state index contributed by atoms with van der Waals surface area (Å²) in [5, 5.41) is 10.1. The van der Waals surface area contributed by atoms with Crippen LogP contribution >= 0.6 is 0 Å². The number of nitrogens with one attached hydrogen (secondary N) is 1. The lowest BCUT2D eigenvalue weighted by Gasteiger charge is -2.15. The molecule has 0 fully saturated rings. The van der Waals surface area contributed by atoms with Crippen molar-refractivity contribution in [2.75, 3.05) is 0 Å². The van der Waals surface area contributed by atoms with Gasteiger partial charge in [-0.3, -0.25) is 9.78 Å². The van der Waals surface area contributed by atoms with Gasteiger partial charge in [0.15, 0.2) is 0 Å². The summed E-state index contributed by atoms with van der Waals surface area (Å²) in [5.74, 6) is -3.84. The number of alkyl halides is 3. The van der Waals surface area contributed by atoms with Gasteiger partial charge in [0.2, 0.25) is 0 Å². The van der Waals surface area contributed by atoms with E-state index in [0.29, 0.717) is 0 Å². The summed E-state index contributed by atoms with van der Waals surface area (Å²) in [6.45, 7) is 0. The van der Waals surface area contributed by atoms with Crippen molar-refractivity contribution in [2.45, 2.75) is 18.6 Å². The van der Waals surface area contributed by atoms with E-state index in [1.807, 2.05) is 0 Å². The summed E-state index contributed by atoms with van der Waals surface area (Å²) < 4.78 is 36.0. The smallest absolute Gasteiger partial charge is 0.471 e. The van der Waals surface area contributed by atoms with E-state index < -0.39 is 24.1 Å². The number of nitrogens with zero attached hydrogens (tertiary/aromatic N) is 1. The molecule has 0 aliphatic heterocycles. The fraction of sp³-hybridized carbons (Fsp3) is 0.300. The Hall–Kier alpha value is -2.12. The van der Waals surface area contributed by atoms with Gasteiger partial charge >= 0.3 is 18.1 Å². The Labute approximate surface area is 99.6 Å². The third-order valence-electron chi connectivity index (χ3n) is 2.00. The highest BCUT2D eigenvalue weighted by molar-refractivity contribution is 5.87. The molecule has 0 radical (unpaired) electrons. The van der Waals surface area contributed by atoms with Crippen molar-refractivity contribution in [1.82, 2.24) is 10.3 Å². The number of rotatable bonds is 4. The zero-order valence-electron chi connectivity index (χ0n) is 8.94. The second kappa shape index (κ2) is 5.48. The fourth-order valence-electron chi connectivity index (χ4n) is 1.17. The Balaban J connectivity index is 2.73. The Morgan fingerprint density at radius 3 is 2.50 bits per heavy atom. The molecule has 1 atom stereocenters. The quantitative estimate of drug-likeness (QED) is 0.839. The van der Waals surface area contributed by atoms with Gasteiger partial charge in [-0.2, -0.15) is 13.2 Å². The fourth-order valence-corrected chi connectivity index (χ4v) is 1.17. The third kappa shape index (κ3) is 4.04. The molecule has 0 unspecified atom stereocenters. The molecule has 0 aliphatic carbocycles. The van der Waals surface area contributed by atoms with Gasteiger partial charge in [-0.05, 0) is 12.1 Å². The van der Waals surface area contributed by atoms with Gasteiger partial charge in [0.05, 0.1) is 0 Å². The topological polar surface area (TPSA) is 79.3 Å². The lowest BCUT2D eigenvalue weighted by atomic mass is 10.1. The molecule has 0 saturated carbocycles. The number of carbonyl (C=O) groups is 2. The molecule has 1 rings (SSSR count). The van der Waals surface area contributed by atoms with Crippen molar-refractivity contribution in [3.8, 4) is 0 Å². The zero-order valence-corrected chi connectivity index (χ0v) is 8.94. The molecular formula is C10H9F3N2O3. The minimum absolute atomic E-state index is 0.271. The van der Waals surface area contributed by atoms with Gasteiger partial charge in [0.1, 0.15) is 6.04 Å². The lowest BCUT2D eigenvalue weighted by Crippen LogP contribution is -2.48. The monoisotopic (exact) mass is 262 g/mol. The second-order valence-electron chi connectivity index (χ2n) is 3.39. The molecular weight excluding hydrogens is 253 g/mol. The summed E-state index contributed by atoms with van der Waals surface area (Å²) >= 11 is 0. The second-order valence-corrected chi connectivity index (χ2v) is 3.39. The molecule has 0 bridgehead atoms. The normalized spacial score (nSPS) is 12.8. The molecule has 2 N–H and O–H groups in total. The van der Waals surface area contributed by atoms with Gasteiger partial charge < -0.3 is 10.4 Å². The number of carboxylic acid groups (broad SMARTS) is 1. The van der Waals surface area contributed by atoms with E-state index >= 15 is 0 Å². The first-order valence-corrected chi connectivity index (χ1v) is 4.81. The molecule has 0 spiro atoms. The highest BCUT2D eigenvalue weighted by Crippen LogP contribution is 2.15. The number of halogens is 3. The first-order chi connectivity index (χ1) is 8.30. The molecule has 18 heavy (non-hydrogen) atoms. The van der Waals surface area contributed by atoms with E-state index in [-0.39, 0.29) is 12.1 Å². The summed E-state index contributed by atoms with van der Waals surface area (Å²) in [7, 11) is 0. The minimum Gasteiger partial charge on any atom is -0.480 e. The molecule has 1 heterocycles. The number of carboxylic acids is 1. The van der Waals surface area contributed by atoms with E-state index in [4.69, 9.17) is 5.11 Å². The Kier molecular flexibility index (Phi) is 4.24. The number of amides is 1. The Morgan fingerprint density at radius 2 is 2.06 bits per heavy atom. The van der Waals surface area contributed by atoms with Crippen molar-refractivity contribution in [3.63, 3.8) is 0 Å². The van der Waals surface area contributed by atoms with E-state index in [1.54, 1.807) is 12.1 Å². The molecule has 1 aromatic rings. The van der Waals surface area contributed by atoms with Crippen molar-refractivity contribution in [2.24, 2.45) is 0 Å². The maximum absolute atomic E-state index is 12.0. The number of carbonyl (C=O) groups excluding carboxylic acids is 1. The molecule has 8 heteroatoms. The molecule has 0 aliphatic rings. The van der Waals surface area contributed by atoms with Gasteiger partial charge in [-0.15, -0.1) is 0 Å². The number of aliphatic carboxylic acids is 1. The average Bonchev–Trinajstić information content (AvgIpc) is 2.28. The van der Waals surface area contributed by atoms with Crippen LogP contribution in [0.4, 0.5) is 13.2 Å². The maximum atomic E-state index is 12.0. The number of hydrogen-bond acceptors (Lipinski definition) is 3. The van der Waals surface area contributed by atoms with Gasteiger partial charge in [-0.1, -0.05) is 6.07 Å². The first kappa shape index (κ1) is 13.9. The van der Waals surface area contributed by atoms with Crippen LogP contribution in [0.1, 0.15) is 5.69 Å². The highest BCUT2D eigenvalue weighted by atomic mass is 19.4. The first-order valence-electron chi connectivity index (χ1n) is 4.81. The van der Waals surface area contributed by atoms with Crippen molar-refractivity contribution in [1.29, 1.82) is 0 Å². The SMILES string of the molecule is O=C(O)[C@H](Cc1ccccn1)NC(=O)C(F)(F)F. The largest absolute Gasteiger partial charge is 0.480 e. The molecule has 98 valence electrons. The Morgan fingerprint density at radius 1 is 1.39 bits per heavy atom. The predicted molar refractivity (Wildman–Crippen MR) is 53.6 cm³/mol. The van der Waals surface area contributed by atoms with Crippen LogP contribution in [0.5, 0.6) is 0 Å². The lowest BCUT2D eigenvalue weighted by molar-refractivity contribution is -0.175. The van der Waals surface area contributed by atoms with Crippen molar-refractivity contribution >= 4 is 11.9 Å². The third-order valence-corrected chi connectivity index (χ3v) is 2.00. The van der Waals surface area contributed by atoms with Gasteiger partial charge in [0.25, 0.3) is 0 Å². The molecule has 0 saturated heterocycles. The summed E-state index contributed by atoms with van der Waals surface area (Å²) in [6, 6.07) is 2.92. The van der Waals surface area contributed by atoms with E-state index in [2.05, 4.69) is 4.98 Å². The molecule has 0 aromatic carbocycles. The van der Waals surface area contributed by atoms with E-state index in [1.165, 1.54) is 17.6 Å². The van der Waals surface area contributed by atoms with Crippen LogP contribution in [-0.2, 0) is 16.0 Å². The molecule has 1 aromatic heterocycles. The minimum atomic E-state index is -5.11. The Bertz CT molecular complexity index is 434. The van der Waals surface area contributed by atoms with Crippen molar-refractivity contribution in [3.05, 3.63) is 30.1 Å². The molecule has 1 amide bonds. The summed E-state index contributed by atoms with van der Waals surface area (Å²) in [6.07, 6.45) is -4.06. The van der Waals surface area contributed by atoms with Crippen LogP contribution in [0, 0.1) is 0 Å². The number of hydrogen-bond donors (Lipinski definition) is 2. The summed E-state index contributed by atoms with van der Waals surface area (Å²) in [4.78, 5) is 25.2. The standard InChI is InChI=1S/C10H9F3N2O3/c11-10(12,13)9(18)15-7(8(16)17)5-6-3-1-2-4-14-6/h1-4,7H,5H2,(H,15,18)(H,16,17)/t7-/m0/s1. The van der Waals surface area contributed by atoms with Crippen LogP contribution in [-0.4, -0.2) is 34.2 Å². The molecule has 5 nitrogen and oxygen atoms in total. The summed E-state index contributed by atoms with van der Waals surface area (Å²) in [5.41, 5.74) is 0.271.